The summed E-state index contributed by atoms with van der Waals surface area (Å²) in [5, 5.41) is 10.0. The predicted molar refractivity (Wildman–Crippen MR) is 47.3 cm³/mol. The fourth-order valence-corrected chi connectivity index (χ4v) is 1.83. The first kappa shape index (κ1) is 9.94. The number of nitrogens with zero attached hydrogens (tertiary/aromatic N) is 1. The van der Waals surface area contributed by atoms with Gasteiger partial charge in [0.05, 0.1) is 12.0 Å². The Kier molecular flexibility index (Phi) is 2.84. The van der Waals surface area contributed by atoms with E-state index in [9.17, 15) is 14.9 Å². The minimum absolute atomic E-state index is 0.0459. The highest BCUT2D eigenvalue weighted by Gasteiger charge is 2.21. The van der Waals surface area contributed by atoms with Crippen LogP contribution in [0.5, 0.6) is 0 Å². The van der Waals surface area contributed by atoms with Crippen molar-refractivity contribution < 1.29 is 14.5 Å². The molecule has 13 heavy (non-hydrogen) atoms. The summed E-state index contributed by atoms with van der Waals surface area (Å²) in [7, 11) is 1.20. The summed E-state index contributed by atoms with van der Waals surface area (Å²) in [6.07, 6.45) is 0. The molecule has 1 aromatic rings. The number of hydrogen-bond acceptors (Lipinski definition) is 5. The summed E-state index contributed by atoms with van der Waals surface area (Å²) >= 11 is 6.20. The molecule has 0 aliphatic carbocycles. The molecule has 0 atom stereocenters. The average Bonchev–Trinajstić information content (AvgIpc) is 2.46. The molecule has 70 valence electrons. The average molecular weight is 222 g/mol. The second kappa shape index (κ2) is 3.71. The summed E-state index contributed by atoms with van der Waals surface area (Å²) < 4.78 is 4.37. The summed E-state index contributed by atoms with van der Waals surface area (Å²) in [4.78, 5) is 20.7. The lowest BCUT2D eigenvalue weighted by atomic mass is 10.5. The lowest BCUT2D eigenvalue weighted by Gasteiger charge is -1.90. The van der Waals surface area contributed by atoms with Gasteiger partial charge in [0.1, 0.15) is 9.90 Å². The maximum absolute atomic E-state index is 10.9. The zero-order valence-corrected chi connectivity index (χ0v) is 8.02. The van der Waals surface area contributed by atoms with Gasteiger partial charge in [-0.05, 0) is 6.07 Å². The number of rotatable bonds is 2. The number of thiophene rings is 1. The molecule has 0 spiro atoms. The normalized spacial score (nSPS) is 9.69. The molecule has 7 heteroatoms. The van der Waals surface area contributed by atoms with E-state index in [0.717, 1.165) is 0 Å². The molecule has 1 rings (SSSR count). The van der Waals surface area contributed by atoms with Crippen LogP contribution in [0.4, 0.5) is 5.00 Å². The van der Waals surface area contributed by atoms with Gasteiger partial charge in [-0.25, -0.2) is 4.79 Å². The first-order valence-electron chi connectivity index (χ1n) is 3.08. The molecule has 0 aromatic carbocycles. The number of ether oxygens (including phenoxy) is 1. The zero-order chi connectivity index (χ0) is 10.0. The van der Waals surface area contributed by atoms with E-state index in [4.69, 9.17) is 11.6 Å². The molecule has 0 aliphatic heterocycles. The second-order valence-electron chi connectivity index (χ2n) is 2.01. The molecule has 0 aliphatic rings. The van der Waals surface area contributed by atoms with Gasteiger partial charge in [-0.15, -0.1) is 0 Å². The summed E-state index contributed by atoms with van der Waals surface area (Å²) in [5.41, 5.74) is 0. The quantitative estimate of drug-likeness (QED) is 0.436. The van der Waals surface area contributed by atoms with E-state index in [1.165, 1.54) is 13.2 Å². The van der Waals surface area contributed by atoms with Gasteiger partial charge in [-0.1, -0.05) is 22.9 Å². The Labute approximate surface area is 82.0 Å². The molecule has 0 saturated heterocycles. The van der Waals surface area contributed by atoms with Crippen LogP contribution in [-0.2, 0) is 4.74 Å². The molecule has 0 saturated carbocycles. The van der Waals surface area contributed by atoms with E-state index in [2.05, 4.69) is 4.74 Å². The number of hydrogen-bond donors (Lipinski definition) is 0. The lowest BCUT2D eigenvalue weighted by Crippen LogP contribution is -1.96. The standard InChI is InChI=1S/C6H4ClNO4S/c1-12-6(9)4-2-3(7)5(13-4)8(10)11/h2H,1H3. The third kappa shape index (κ3) is 1.96. The summed E-state index contributed by atoms with van der Waals surface area (Å²) in [6, 6.07) is 1.22. The Bertz CT molecular complexity index is 362. The molecule has 5 nitrogen and oxygen atoms in total. The van der Waals surface area contributed by atoms with Gasteiger partial charge >= 0.3 is 11.0 Å². The van der Waals surface area contributed by atoms with E-state index in [1.807, 2.05) is 0 Å². The van der Waals surface area contributed by atoms with Crippen LogP contribution in [0.15, 0.2) is 6.07 Å². The maximum atomic E-state index is 10.9. The SMILES string of the molecule is COC(=O)c1cc(Cl)c([N+](=O)[O-])s1. The van der Waals surface area contributed by atoms with Crippen molar-refractivity contribution >= 4 is 33.9 Å². The predicted octanol–water partition coefficient (Wildman–Crippen LogP) is 2.10. The zero-order valence-electron chi connectivity index (χ0n) is 6.44. The maximum Gasteiger partial charge on any atom is 0.348 e. The van der Waals surface area contributed by atoms with Gasteiger partial charge in [-0.2, -0.15) is 0 Å². The Morgan fingerprint density at radius 1 is 1.77 bits per heavy atom. The molecule has 0 fully saturated rings. The van der Waals surface area contributed by atoms with Crippen molar-refractivity contribution in [1.82, 2.24) is 0 Å². The number of halogens is 1. The van der Waals surface area contributed by atoms with E-state index < -0.39 is 10.9 Å². The summed E-state index contributed by atoms with van der Waals surface area (Å²) in [6.45, 7) is 0. The third-order valence-corrected chi connectivity index (χ3v) is 2.69. The van der Waals surface area contributed by atoms with Crippen LogP contribution in [0.1, 0.15) is 9.67 Å². The van der Waals surface area contributed by atoms with Crippen LogP contribution >= 0.6 is 22.9 Å². The van der Waals surface area contributed by atoms with Crippen LogP contribution < -0.4 is 0 Å². The van der Waals surface area contributed by atoms with Crippen LogP contribution in [-0.4, -0.2) is 18.0 Å². The molecule has 0 bridgehead atoms. The number of methoxy groups -OCH3 is 1. The Morgan fingerprint density at radius 3 is 2.77 bits per heavy atom. The van der Waals surface area contributed by atoms with Crippen molar-refractivity contribution in [2.75, 3.05) is 7.11 Å². The molecular weight excluding hydrogens is 218 g/mol. The summed E-state index contributed by atoms with van der Waals surface area (Å²) in [5.74, 6) is -0.625. The Balaban J connectivity index is 3.09. The van der Waals surface area contributed by atoms with Crippen molar-refractivity contribution in [3.63, 3.8) is 0 Å². The van der Waals surface area contributed by atoms with Crippen LogP contribution in [0.2, 0.25) is 5.02 Å². The highest BCUT2D eigenvalue weighted by atomic mass is 35.5. The van der Waals surface area contributed by atoms with E-state index in [-0.39, 0.29) is 14.9 Å². The van der Waals surface area contributed by atoms with Gasteiger partial charge < -0.3 is 4.74 Å². The molecule has 0 radical (unpaired) electrons. The topological polar surface area (TPSA) is 69.4 Å². The lowest BCUT2D eigenvalue weighted by molar-refractivity contribution is -0.380. The smallest absolute Gasteiger partial charge is 0.348 e. The highest BCUT2D eigenvalue weighted by molar-refractivity contribution is 7.17. The van der Waals surface area contributed by atoms with Crippen molar-refractivity contribution in [1.29, 1.82) is 0 Å². The fraction of sp³-hybridized carbons (Fsp3) is 0.167. The molecule has 0 unspecified atom stereocenters. The molecule has 0 N–H and O–H groups in total. The number of esters is 1. The Morgan fingerprint density at radius 2 is 2.38 bits per heavy atom. The molecular formula is C6H4ClNO4S. The minimum atomic E-state index is -0.639. The first-order valence-corrected chi connectivity index (χ1v) is 4.27. The molecule has 1 heterocycles. The van der Waals surface area contributed by atoms with Crippen LogP contribution in [0, 0.1) is 10.1 Å². The monoisotopic (exact) mass is 221 g/mol. The van der Waals surface area contributed by atoms with Crippen molar-refractivity contribution in [3.05, 3.63) is 26.1 Å². The van der Waals surface area contributed by atoms with Gasteiger partial charge in [0.25, 0.3) is 0 Å². The number of carbonyl (C=O) groups excluding carboxylic acids is 1. The second-order valence-corrected chi connectivity index (χ2v) is 3.45. The first-order chi connectivity index (χ1) is 6.06. The van der Waals surface area contributed by atoms with E-state index in [1.54, 1.807) is 0 Å². The van der Waals surface area contributed by atoms with E-state index >= 15 is 0 Å². The largest absolute Gasteiger partial charge is 0.465 e. The molecule has 1 aromatic heterocycles. The molecule has 0 amide bonds. The fourth-order valence-electron chi connectivity index (χ4n) is 0.685. The Hall–Kier alpha value is -1.14. The minimum Gasteiger partial charge on any atom is -0.465 e. The van der Waals surface area contributed by atoms with Crippen molar-refractivity contribution in [2.45, 2.75) is 0 Å². The van der Waals surface area contributed by atoms with Crippen molar-refractivity contribution in [2.24, 2.45) is 0 Å². The number of carbonyl (C=O) groups is 1. The van der Waals surface area contributed by atoms with Gasteiger partial charge in [-0.3, -0.25) is 10.1 Å². The van der Waals surface area contributed by atoms with Crippen LogP contribution in [0.25, 0.3) is 0 Å². The van der Waals surface area contributed by atoms with Crippen molar-refractivity contribution in [3.8, 4) is 0 Å². The number of nitro groups is 1. The third-order valence-electron chi connectivity index (χ3n) is 1.22. The highest BCUT2D eigenvalue weighted by Crippen LogP contribution is 2.34. The van der Waals surface area contributed by atoms with E-state index in [0.29, 0.717) is 11.3 Å². The van der Waals surface area contributed by atoms with Crippen LogP contribution in [0.3, 0.4) is 0 Å². The van der Waals surface area contributed by atoms with Gasteiger partial charge in [0.2, 0.25) is 0 Å². The van der Waals surface area contributed by atoms with Gasteiger partial charge in [0.15, 0.2) is 0 Å². The van der Waals surface area contributed by atoms with Gasteiger partial charge in [0, 0.05) is 0 Å².